The van der Waals surface area contributed by atoms with Gasteiger partial charge in [0.15, 0.2) is 0 Å². The number of aliphatic carboxylic acids is 1. The summed E-state index contributed by atoms with van der Waals surface area (Å²) in [7, 11) is 0. The number of hydrogen-bond acceptors (Lipinski definition) is 3. The van der Waals surface area contributed by atoms with Crippen LogP contribution in [-0.4, -0.2) is 11.2 Å². The van der Waals surface area contributed by atoms with Crippen LogP contribution in [0.4, 0.5) is 0 Å². The summed E-state index contributed by atoms with van der Waals surface area (Å²) in [6.07, 6.45) is 2.59. The fourth-order valence-electron chi connectivity index (χ4n) is 0.734. The van der Waals surface area contributed by atoms with Gasteiger partial charge < -0.3 is 9.90 Å². The van der Waals surface area contributed by atoms with Crippen molar-refractivity contribution < 1.29 is 19.8 Å². The first-order chi connectivity index (χ1) is 5.18. The minimum Gasteiger partial charge on any atom is -0.550 e. The molecule has 11 heavy (non-hydrogen) atoms. The molecule has 1 aromatic heterocycles. The molecular weight excluding hydrogens is 146 g/mol. The third-order valence-corrected chi connectivity index (χ3v) is 1.23. The lowest BCUT2D eigenvalue weighted by atomic mass is 10.2. The molecule has 1 aromatic rings. The van der Waals surface area contributed by atoms with Gasteiger partial charge in [-0.3, -0.25) is 5.21 Å². The Hall–Kier alpha value is -1.58. The highest BCUT2D eigenvalue weighted by molar-refractivity contribution is 5.67. The topological polar surface area (TPSA) is 64.2 Å². The highest BCUT2D eigenvalue weighted by atomic mass is 16.5. The Labute approximate surface area is 63.3 Å². The molecule has 0 unspecified atom stereocenters. The lowest BCUT2D eigenvalue weighted by Crippen LogP contribution is -2.29. The molecule has 58 valence electrons. The van der Waals surface area contributed by atoms with Crippen LogP contribution in [0.15, 0.2) is 24.5 Å². The zero-order chi connectivity index (χ0) is 8.27. The van der Waals surface area contributed by atoms with Crippen LogP contribution in [0.5, 0.6) is 0 Å². The molecule has 0 aliphatic heterocycles. The van der Waals surface area contributed by atoms with E-state index >= 15 is 0 Å². The molecule has 0 aliphatic rings. The number of nitrogens with zero attached hydrogens (tertiary/aromatic N) is 1. The van der Waals surface area contributed by atoms with Crippen LogP contribution >= 0.6 is 0 Å². The van der Waals surface area contributed by atoms with Crippen molar-refractivity contribution >= 4 is 5.97 Å². The SMILES string of the molecule is O=C([O-])Cc1cc[n+](O)cc1. The Morgan fingerprint density at radius 1 is 1.55 bits per heavy atom. The third-order valence-electron chi connectivity index (χ3n) is 1.23. The maximum absolute atomic E-state index is 10.1. The molecular formula is C7H7NO3. The van der Waals surface area contributed by atoms with E-state index in [1.165, 1.54) is 24.5 Å². The van der Waals surface area contributed by atoms with Crippen LogP contribution in [0, 0.1) is 0 Å². The van der Waals surface area contributed by atoms with Gasteiger partial charge in [0.25, 0.3) is 0 Å². The van der Waals surface area contributed by atoms with Crippen molar-refractivity contribution in [3.63, 3.8) is 0 Å². The molecule has 1 N–H and O–H groups in total. The van der Waals surface area contributed by atoms with Crippen molar-refractivity contribution in [1.82, 2.24) is 0 Å². The standard InChI is InChI=1S/C7H7NO3/c9-7(10)5-6-1-3-8(11)4-2-6/h1-4H,5H2,(H-,9,10,11). The summed E-state index contributed by atoms with van der Waals surface area (Å²) in [5.74, 6) is -1.12. The molecule has 0 amide bonds. The summed E-state index contributed by atoms with van der Waals surface area (Å²) in [4.78, 5) is 10.1. The fraction of sp³-hybridized carbons (Fsp3) is 0.143. The van der Waals surface area contributed by atoms with Crippen molar-refractivity contribution in [2.24, 2.45) is 0 Å². The first kappa shape index (κ1) is 7.53. The Morgan fingerprint density at radius 2 is 2.09 bits per heavy atom. The first-order valence-corrected chi connectivity index (χ1v) is 3.08. The van der Waals surface area contributed by atoms with Gasteiger partial charge in [-0.25, -0.2) is 0 Å². The molecule has 0 spiro atoms. The van der Waals surface area contributed by atoms with E-state index in [1.807, 2.05) is 0 Å². The average Bonchev–Trinajstić information content (AvgIpc) is 1.93. The van der Waals surface area contributed by atoms with Crippen molar-refractivity contribution in [3.05, 3.63) is 30.1 Å². The maximum Gasteiger partial charge on any atom is 0.222 e. The van der Waals surface area contributed by atoms with E-state index in [2.05, 4.69) is 0 Å². The zero-order valence-electron chi connectivity index (χ0n) is 5.73. The van der Waals surface area contributed by atoms with E-state index in [9.17, 15) is 9.90 Å². The van der Waals surface area contributed by atoms with E-state index in [-0.39, 0.29) is 6.42 Å². The monoisotopic (exact) mass is 153 g/mol. The molecule has 1 rings (SSSR count). The van der Waals surface area contributed by atoms with Gasteiger partial charge >= 0.3 is 0 Å². The third kappa shape index (κ3) is 2.25. The van der Waals surface area contributed by atoms with Gasteiger partial charge in [-0.05, 0) is 5.56 Å². The number of carboxylic acids is 1. The van der Waals surface area contributed by atoms with Crippen molar-refractivity contribution in [1.29, 1.82) is 0 Å². The second kappa shape index (κ2) is 3.01. The second-order valence-electron chi connectivity index (χ2n) is 2.14. The summed E-state index contributed by atoms with van der Waals surface area (Å²) in [5, 5.41) is 18.8. The fourth-order valence-corrected chi connectivity index (χ4v) is 0.734. The average molecular weight is 153 g/mol. The summed E-state index contributed by atoms with van der Waals surface area (Å²) in [6, 6.07) is 3.02. The molecule has 0 atom stereocenters. The Kier molecular flexibility index (Phi) is 2.06. The van der Waals surface area contributed by atoms with E-state index in [0.29, 0.717) is 5.56 Å². The molecule has 0 aromatic carbocycles. The number of carbonyl (C=O) groups is 1. The van der Waals surface area contributed by atoms with Gasteiger partial charge in [-0.2, -0.15) is 0 Å². The van der Waals surface area contributed by atoms with Crippen LogP contribution < -0.4 is 9.84 Å². The van der Waals surface area contributed by atoms with Gasteiger partial charge in [0, 0.05) is 29.3 Å². The zero-order valence-corrected chi connectivity index (χ0v) is 5.73. The molecule has 0 radical (unpaired) electrons. The number of pyridine rings is 1. The summed E-state index contributed by atoms with van der Waals surface area (Å²) < 4.78 is 0.846. The molecule has 4 heteroatoms. The van der Waals surface area contributed by atoms with Gasteiger partial charge in [0.2, 0.25) is 12.4 Å². The van der Waals surface area contributed by atoms with Crippen LogP contribution in [0.25, 0.3) is 0 Å². The predicted octanol–water partition coefficient (Wildman–Crippen LogP) is -1.50. The number of aromatic nitrogens is 1. The quantitative estimate of drug-likeness (QED) is 0.415. The van der Waals surface area contributed by atoms with Gasteiger partial charge in [-0.15, -0.1) is 0 Å². The maximum atomic E-state index is 10.1. The lowest BCUT2D eigenvalue weighted by molar-refractivity contribution is -0.904. The highest BCUT2D eigenvalue weighted by Gasteiger charge is 1.96. The summed E-state index contributed by atoms with van der Waals surface area (Å²) in [6.45, 7) is 0. The smallest absolute Gasteiger partial charge is 0.222 e. The predicted molar refractivity (Wildman–Crippen MR) is 32.5 cm³/mol. The Balaban J connectivity index is 2.74. The summed E-state index contributed by atoms with van der Waals surface area (Å²) in [5.41, 5.74) is 0.607. The van der Waals surface area contributed by atoms with Gasteiger partial charge in [0.1, 0.15) is 0 Å². The van der Waals surface area contributed by atoms with E-state index in [4.69, 9.17) is 5.21 Å². The number of hydrogen-bond donors (Lipinski definition) is 1. The van der Waals surface area contributed by atoms with Gasteiger partial charge in [-0.1, -0.05) is 0 Å². The molecule has 4 nitrogen and oxygen atoms in total. The molecule has 0 saturated carbocycles. The lowest BCUT2D eigenvalue weighted by Gasteiger charge is -1.98. The van der Waals surface area contributed by atoms with Crippen LogP contribution in [0.1, 0.15) is 5.56 Å². The van der Waals surface area contributed by atoms with E-state index in [1.54, 1.807) is 0 Å². The molecule has 0 fully saturated rings. The van der Waals surface area contributed by atoms with Crippen molar-refractivity contribution in [2.75, 3.05) is 0 Å². The minimum atomic E-state index is -1.12. The Bertz CT molecular complexity index is 255. The molecule has 0 bridgehead atoms. The first-order valence-electron chi connectivity index (χ1n) is 3.08. The molecule has 1 heterocycles. The summed E-state index contributed by atoms with van der Waals surface area (Å²) >= 11 is 0. The van der Waals surface area contributed by atoms with E-state index < -0.39 is 5.97 Å². The minimum absolute atomic E-state index is 0.124. The van der Waals surface area contributed by atoms with Crippen molar-refractivity contribution in [3.8, 4) is 0 Å². The normalized spacial score (nSPS) is 9.45. The van der Waals surface area contributed by atoms with Crippen molar-refractivity contribution in [2.45, 2.75) is 6.42 Å². The number of carboxylic acid groups (broad SMARTS) is 1. The number of rotatable bonds is 2. The highest BCUT2D eigenvalue weighted by Crippen LogP contribution is 1.94. The van der Waals surface area contributed by atoms with Gasteiger partial charge in [0.05, 0.1) is 0 Å². The van der Waals surface area contributed by atoms with Crippen LogP contribution in [0.3, 0.4) is 0 Å². The van der Waals surface area contributed by atoms with Crippen LogP contribution in [0.2, 0.25) is 0 Å². The molecule has 0 aliphatic carbocycles. The second-order valence-corrected chi connectivity index (χ2v) is 2.14. The van der Waals surface area contributed by atoms with E-state index in [0.717, 1.165) is 4.73 Å². The largest absolute Gasteiger partial charge is 0.550 e. The Morgan fingerprint density at radius 3 is 2.55 bits per heavy atom. The molecule has 0 saturated heterocycles. The number of carbonyl (C=O) groups excluding carboxylic acids is 1. The van der Waals surface area contributed by atoms with Crippen LogP contribution in [-0.2, 0) is 11.2 Å².